The van der Waals surface area contributed by atoms with Crippen LogP contribution >= 0.6 is 0 Å². The van der Waals surface area contributed by atoms with Crippen molar-refractivity contribution in [2.75, 3.05) is 10.2 Å². The monoisotopic (exact) mass is 308 g/mol. The standard InChI is InChI=1S/C19H20N2O2/c1-12-6-4-9-15(10-12)20-16-11-17(22)21(19(16)23)18-13(2)7-5-8-14(18)3/h4-10,16,20H,11H2,1-3H3/t16-/m0/s1. The maximum atomic E-state index is 12.8. The lowest BCUT2D eigenvalue weighted by molar-refractivity contribution is -0.121. The van der Waals surface area contributed by atoms with Crippen LogP contribution < -0.4 is 10.2 Å². The van der Waals surface area contributed by atoms with Crippen molar-refractivity contribution in [1.29, 1.82) is 0 Å². The molecule has 1 aliphatic heterocycles. The van der Waals surface area contributed by atoms with Crippen LogP contribution in [0.1, 0.15) is 23.1 Å². The number of carbonyl (C=O) groups excluding carboxylic acids is 2. The maximum absolute atomic E-state index is 12.8. The van der Waals surface area contributed by atoms with E-state index in [1.165, 1.54) is 4.90 Å². The van der Waals surface area contributed by atoms with Gasteiger partial charge in [0, 0.05) is 5.69 Å². The van der Waals surface area contributed by atoms with Crippen LogP contribution in [-0.4, -0.2) is 17.9 Å². The number of hydrogen-bond donors (Lipinski definition) is 1. The third-order valence-electron chi connectivity index (χ3n) is 4.17. The molecule has 4 nitrogen and oxygen atoms in total. The third-order valence-corrected chi connectivity index (χ3v) is 4.17. The summed E-state index contributed by atoms with van der Waals surface area (Å²) in [5.74, 6) is -0.341. The van der Waals surface area contributed by atoms with Gasteiger partial charge in [0.15, 0.2) is 0 Å². The topological polar surface area (TPSA) is 49.4 Å². The van der Waals surface area contributed by atoms with Crippen molar-refractivity contribution < 1.29 is 9.59 Å². The number of imide groups is 1. The van der Waals surface area contributed by atoms with Gasteiger partial charge in [-0.2, -0.15) is 0 Å². The highest BCUT2D eigenvalue weighted by Crippen LogP contribution is 2.30. The number of aryl methyl sites for hydroxylation is 3. The van der Waals surface area contributed by atoms with Crippen LogP contribution in [0.15, 0.2) is 42.5 Å². The van der Waals surface area contributed by atoms with Crippen LogP contribution in [0.25, 0.3) is 0 Å². The van der Waals surface area contributed by atoms with E-state index in [2.05, 4.69) is 5.32 Å². The van der Waals surface area contributed by atoms with Crippen LogP contribution in [0.5, 0.6) is 0 Å². The van der Waals surface area contributed by atoms with Crippen molar-refractivity contribution in [2.24, 2.45) is 0 Å². The van der Waals surface area contributed by atoms with E-state index in [1.54, 1.807) is 0 Å². The Hall–Kier alpha value is -2.62. The zero-order valence-corrected chi connectivity index (χ0v) is 13.6. The quantitative estimate of drug-likeness (QED) is 0.885. The van der Waals surface area contributed by atoms with Crippen LogP contribution in [0, 0.1) is 20.8 Å². The summed E-state index contributed by atoms with van der Waals surface area (Å²) in [4.78, 5) is 26.5. The minimum Gasteiger partial charge on any atom is -0.373 e. The average molecular weight is 308 g/mol. The lowest BCUT2D eigenvalue weighted by Crippen LogP contribution is -2.35. The largest absolute Gasteiger partial charge is 0.373 e. The second-order valence-electron chi connectivity index (χ2n) is 6.08. The first-order chi connectivity index (χ1) is 11.0. The molecule has 0 radical (unpaired) electrons. The van der Waals surface area contributed by atoms with Crippen LogP contribution in [0.3, 0.4) is 0 Å². The van der Waals surface area contributed by atoms with Crippen molar-refractivity contribution >= 4 is 23.2 Å². The molecule has 3 rings (SSSR count). The molecule has 0 unspecified atom stereocenters. The highest BCUT2D eigenvalue weighted by atomic mass is 16.2. The Balaban J connectivity index is 1.88. The Labute approximate surface area is 136 Å². The molecule has 1 atom stereocenters. The predicted molar refractivity (Wildman–Crippen MR) is 91.6 cm³/mol. The minimum atomic E-state index is -0.511. The number of nitrogens with one attached hydrogen (secondary N) is 1. The molecular formula is C19H20N2O2. The molecule has 1 heterocycles. The van der Waals surface area contributed by atoms with E-state index in [9.17, 15) is 9.59 Å². The normalized spacial score (nSPS) is 17.7. The zero-order chi connectivity index (χ0) is 16.6. The fraction of sp³-hybridized carbons (Fsp3) is 0.263. The van der Waals surface area contributed by atoms with E-state index >= 15 is 0 Å². The molecular weight excluding hydrogens is 288 g/mol. The van der Waals surface area contributed by atoms with Gasteiger partial charge in [-0.05, 0) is 49.6 Å². The van der Waals surface area contributed by atoms with Crippen LogP contribution in [0.2, 0.25) is 0 Å². The number of benzene rings is 2. The van der Waals surface area contributed by atoms with Gasteiger partial charge in [0.2, 0.25) is 5.91 Å². The highest BCUT2D eigenvalue weighted by molar-refractivity contribution is 6.23. The summed E-state index contributed by atoms with van der Waals surface area (Å²) >= 11 is 0. The average Bonchev–Trinajstić information content (AvgIpc) is 2.75. The molecule has 23 heavy (non-hydrogen) atoms. The predicted octanol–water partition coefficient (Wildman–Crippen LogP) is 3.36. The van der Waals surface area contributed by atoms with Gasteiger partial charge in [-0.15, -0.1) is 0 Å². The number of hydrogen-bond acceptors (Lipinski definition) is 3. The summed E-state index contributed by atoms with van der Waals surface area (Å²) in [7, 11) is 0. The minimum absolute atomic E-state index is 0.155. The third kappa shape index (κ3) is 2.84. The second-order valence-corrected chi connectivity index (χ2v) is 6.08. The SMILES string of the molecule is Cc1cccc(N[C@H]2CC(=O)N(c3c(C)cccc3C)C2=O)c1. The van der Waals surface area contributed by atoms with E-state index in [0.717, 1.165) is 28.1 Å². The Morgan fingerprint density at radius 3 is 2.30 bits per heavy atom. The van der Waals surface area contributed by atoms with Gasteiger partial charge in [-0.3, -0.25) is 9.59 Å². The van der Waals surface area contributed by atoms with Crippen molar-refractivity contribution in [3.63, 3.8) is 0 Å². The van der Waals surface area contributed by atoms with Crippen molar-refractivity contribution in [1.82, 2.24) is 0 Å². The van der Waals surface area contributed by atoms with Gasteiger partial charge >= 0.3 is 0 Å². The fourth-order valence-corrected chi connectivity index (χ4v) is 3.07. The lowest BCUT2D eigenvalue weighted by Gasteiger charge is -2.20. The van der Waals surface area contributed by atoms with E-state index in [-0.39, 0.29) is 18.2 Å². The summed E-state index contributed by atoms with van der Waals surface area (Å²) in [5, 5.41) is 3.19. The molecule has 118 valence electrons. The smallest absolute Gasteiger partial charge is 0.256 e. The number of rotatable bonds is 3. The van der Waals surface area contributed by atoms with Gasteiger partial charge in [0.25, 0.3) is 5.91 Å². The fourth-order valence-electron chi connectivity index (χ4n) is 3.07. The van der Waals surface area contributed by atoms with Crippen molar-refractivity contribution in [3.8, 4) is 0 Å². The Morgan fingerprint density at radius 1 is 1.00 bits per heavy atom. The van der Waals surface area contributed by atoms with E-state index < -0.39 is 6.04 Å². The summed E-state index contributed by atoms with van der Waals surface area (Å²) in [5.41, 5.74) is 4.56. The number of amides is 2. The number of nitrogens with zero attached hydrogens (tertiary/aromatic N) is 1. The van der Waals surface area contributed by atoms with Gasteiger partial charge < -0.3 is 5.32 Å². The first kappa shape index (κ1) is 15.3. The van der Waals surface area contributed by atoms with Gasteiger partial charge in [0.1, 0.15) is 6.04 Å². The first-order valence-corrected chi connectivity index (χ1v) is 7.73. The molecule has 1 N–H and O–H groups in total. The lowest BCUT2D eigenvalue weighted by atomic mass is 10.1. The molecule has 0 spiro atoms. The van der Waals surface area contributed by atoms with Crippen LogP contribution in [0.4, 0.5) is 11.4 Å². The Kier molecular flexibility index (Phi) is 3.90. The molecule has 2 aromatic carbocycles. The number of carbonyl (C=O) groups is 2. The molecule has 0 aliphatic carbocycles. The van der Waals surface area contributed by atoms with Crippen molar-refractivity contribution in [3.05, 3.63) is 59.2 Å². The molecule has 1 fully saturated rings. The summed E-state index contributed by atoms with van der Waals surface area (Å²) < 4.78 is 0. The molecule has 0 aromatic heterocycles. The molecule has 1 aliphatic rings. The molecule has 0 bridgehead atoms. The highest BCUT2D eigenvalue weighted by Gasteiger charge is 2.40. The number of anilines is 2. The van der Waals surface area contributed by atoms with Crippen LogP contribution in [-0.2, 0) is 9.59 Å². The van der Waals surface area contributed by atoms with E-state index in [1.807, 2.05) is 63.2 Å². The maximum Gasteiger partial charge on any atom is 0.256 e. The molecule has 1 saturated heterocycles. The molecule has 0 saturated carbocycles. The Morgan fingerprint density at radius 2 is 1.65 bits per heavy atom. The van der Waals surface area contributed by atoms with E-state index in [4.69, 9.17) is 0 Å². The molecule has 2 amide bonds. The summed E-state index contributed by atoms with van der Waals surface area (Å²) in [6.07, 6.45) is 0.181. The van der Waals surface area contributed by atoms with E-state index in [0.29, 0.717) is 0 Å². The van der Waals surface area contributed by atoms with Gasteiger partial charge in [0.05, 0.1) is 12.1 Å². The summed E-state index contributed by atoms with van der Waals surface area (Å²) in [6, 6.07) is 13.1. The summed E-state index contributed by atoms with van der Waals surface area (Å²) in [6.45, 7) is 5.84. The molecule has 4 heteroatoms. The second kappa shape index (κ2) is 5.88. The van der Waals surface area contributed by atoms with Gasteiger partial charge in [-0.1, -0.05) is 30.3 Å². The molecule has 2 aromatic rings. The number of para-hydroxylation sites is 1. The Bertz CT molecular complexity index is 762. The first-order valence-electron chi connectivity index (χ1n) is 7.73. The van der Waals surface area contributed by atoms with Crippen molar-refractivity contribution in [2.45, 2.75) is 33.2 Å². The zero-order valence-electron chi connectivity index (χ0n) is 13.6. The van der Waals surface area contributed by atoms with Gasteiger partial charge in [-0.25, -0.2) is 4.90 Å².